The molecule has 1 heterocycles. The molecule has 0 aromatic rings. The first-order valence-electron chi connectivity index (χ1n) is 9.16. The lowest BCUT2D eigenvalue weighted by molar-refractivity contribution is -0.146. The maximum Gasteiger partial charge on any atom is 0.306 e. The second-order valence-corrected chi connectivity index (χ2v) is 7.13. The molecular weight excluding hydrogens is 286 g/mol. The van der Waals surface area contributed by atoms with E-state index in [1.54, 1.807) is 0 Å². The smallest absolute Gasteiger partial charge is 0.306 e. The van der Waals surface area contributed by atoms with Crippen molar-refractivity contribution in [1.82, 2.24) is 4.90 Å². The van der Waals surface area contributed by atoms with Crippen molar-refractivity contribution in [2.75, 3.05) is 20.2 Å². The summed E-state index contributed by atoms with van der Waals surface area (Å²) in [7, 11) is 2.14. The standard InChI is InChI=1S/C20H29NO2/c1-21-13-7-6-11-18(21)15-23-20(22)14-17-10-3-2-8-16-9-4-5-12-19(16)17/h2-3,8,10,17-18H,4-7,9,11-15H2,1H3. The number of carbonyl (C=O) groups excluding carboxylic acids is 1. The van der Waals surface area contributed by atoms with Crippen molar-refractivity contribution in [2.45, 2.75) is 57.4 Å². The average Bonchev–Trinajstić information content (AvgIpc) is 2.77. The highest BCUT2D eigenvalue weighted by atomic mass is 16.5. The fourth-order valence-corrected chi connectivity index (χ4v) is 4.03. The van der Waals surface area contributed by atoms with Crippen molar-refractivity contribution in [1.29, 1.82) is 0 Å². The largest absolute Gasteiger partial charge is 0.464 e. The van der Waals surface area contributed by atoms with E-state index in [0.29, 0.717) is 19.1 Å². The number of likely N-dealkylation sites (N-methyl/N-ethyl adjacent to an activating group) is 1. The van der Waals surface area contributed by atoms with Crippen molar-refractivity contribution in [3.8, 4) is 0 Å². The quantitative estimate of drug-likeness (QED) is 0.734. The lowest BCUT2D eigenvalue weighted by Gasteiger charge is -2.32. The predicted molar refractivity (Wildman–Crippen MR) is 93.1 cm³/mol. The Morgan fingerprint density at radius 3 is 2.96 bits per heavy atom. The third-order valence-corrected chi connectivity index (χ3v) is 5.50. The molecule has 0 spiro atoms. The van der Waals surface area contributed by atoms with Gasteiger partial charge in [-0.25, -0.2) is 0 Å². The van der Waals surface area contributed by atoms with E-state index in [2.05, 4.69) is 36.3 Å². The van der Waals surface area contributed by atoms with E-state index < -0.39 is 0 Å². The second kappa shape index (κ2) is 7.96. The van der Waals surface area contributed by atoms with Crippen LogP contribution < -0.4 is 0 Å². The molecule has 23 heavy (non-hydrogen) atoms. The van der Waals surface area contributed by atoms with Crippen LogP contribution in [0.3, 0.4) is 0 Å². The van der Waals surface area contributed by atoms with E-state index in [-0.39, 0.29) is 11.9 Å². The van der Waals surface area contributed by atoms with E-state index >= 15 is 0 Å². The average molecular weight is 315 g/mol. The van der Waals surface area contributed by atoms with Crippen LogP contribution in [0.4, 0.5) is 0 Å². The summed E-state index contributed by atoms with van der Waals surface area (Å²) >= 11 is 0. The van der Waals surface area contributed by atoms with Gasteiger partial charge >= 0.3 is 5.97 Å². The number of hydrogen-bond acceptors (Lipinski definition) is 3. The van der Waals surface area contributed by atoms with Crippen LogP contribution in [0.15, 0.2) is 35.5 Å². The molecule has 3 heteroatoms. The monoisotopic (exact) mass is 315 g/mol. The highest BCUT2D eigenvalue weighted by Gasteiger charge is 2.24. The molecule has 2 unspecified atom stereocenters. The van der Waals surface area contributed by atoms with Crippen LogP contribution >= 0.6 is 0 Å². The van der Waals surface area contributed by atoms with Crippen LogP contribution in [0, 0.1) is 5.92 Å². The van der Waals surface area contributed by atoms with Gasteiger partial charge in [0, 0.05) is 12.0 Å². The van der Waals surface area contributed by atoms with Crippen LogP contribution in [0.25, 0.3) is 0 Å². The SMILES string of the molecule is CN1CCCCC1COC(=O)CC1C=CC=CC2=C1CCCC2. The minimum atomic E-state index is -0.0436. The van der Waals surface area contributed by atoms with E-state index in [9.17, 15) is 4.79 Å². The Kier molecular flexibility index (Phi) is 5.71. The molecule has 3 rings (SSSR count). The van der Waals surface area contributed by atoms with Gasteiger partial charge in [0.05, 0.1) is 6.42 Å². The number of likely N-dealkylation sites (tertiary alicyclic amines) is 1. The lowest BCUT2D eigenvalue weighted by Crippen LogP contribution is -2.40. The molecule has 3 aliphatic rings. The van der Waals surface area contributed by atoms with Crippen molar-refractivity contribution in [3.63, 3.8) is 0 Å². The Labute approximate surface area is 140 Å². The number of allylic oxidation sites excluding steroid dienone is 6. The summed E-state index contributed by atoms with van der Waals surface area (Å²) < 4.78 is 5.62. The first kappa shape index (κ1) is 16.5. The fourth-order valence-electron chi connectivity index (χ4n) is 4.03. The zero-order valence-corrected chi connectivity index (χ0v) is 14.3. The third-order valence-electron chi connectivity index (χ3n) is 5.50. The van der Waals surface area contributed by atoms with E-state index in [4.69, 9.17) is 4.74 Å². The molecule has 0 N–H and O–H groups in total. The van der Waals surface area contributed by atoms with Gasteiger partial charge in [0.25, 0.3) is 0 Å². The maximum absolute atomic E-state index is 12.3. The van der Waals surface area contributed by atoms with E-state index in [1.165, 1.54) is 36.8 Å². The normalized spacial score (nSPS) is 28.4. The van der Waals surface area contributed by atoms with Crippen LogP contribution in [-0.2, 0) is 9.53 Å². The van der Waals surface area contributed by atoms with Crippen LogP contribution in [0.1, 0.15) is 51.4 Å². The number of piperidine rings is 1. The molecule has 2 aliphatic carbocycles. The van der Waals surface area contributed by atoms with Crippen LogP contribution in [-0.4, -0.2) is 37.1 Å². The fraction of sp³-hybridized carbons (Fsp3) is 0.650. The molecule has 0 radical (unpaired) electrons. The predicted octanol–water partition coefficient (Wildman–Crippen LogP) is 4.02. The minimum Gasteiger partial charge on any atom is -0.464 e. The second-order valence-electron chi connectivity index (χ2n) is 7.13. The molecule has 1 aliphatic heterocycles. The first-order chi connectivity index (χ1) is 11.2. The molecule has 126 valence electrons. The van der Waals surface area contributed by atoms with Gasteiger partial charge in [0.15, 0.2) is 0 Å². The van der Waals surface area contributed by atoms with Gasteiger partial charge in [0.1, 0.15) is 6.61 Å². The summed E-state index contributed by atoms with van der Waals surface area (Å²) in [5.74, 6) is 0.190. The van der Waals surface area contributed by atoms with Crippen molar-refractivity contribution in [3.05, 3.63) is 35.5 Å². The van der Waals surface area contributed by atoms with Gasteiger partial charge in [0.2, 0.25) is 0 Å². The van der Waals surface area contributed by atoms with Gasteiger partial charge in [-0.2, -0.15) is 0 Å². The van der Waals surface area contributed by atoms with Gasteiger partial charge in [-0.1, -0.05) is 36.3 Å². The number of hydrogen-bond donors (Lipinski definition) is 0. The third kappa shape index (κ3) is 4.35. The number of esters is 1. The minimum absolute atomic E-state index is 0.0436. The summed E-state index contributed by atoms with van der Waals surface area (Å²) in [4.78, 5) is 14.7. The first-order valence-corrected chi connectivity index (χ1v) is 9.16. The molecule has 0 bridgehead atoms. The van der Waals surface area contributed by atoms with Crippen LogP contribution in [0.5, 0.6) is 0 Å². The maximum atomic E-state index is 12.3. The Balaban J connectivity index is 1.54. The molecule has 0 amide bonds. The Morgan fingerprint density at radius 1 is 1.22 bits per heavy atom. The number of nitrogens with zero attached hydrogens (tertiary/aromatic N) is 1. The molecule has 2 atom stereocenters. The molecule has 1 fully saturated rings. The summed E-state index contributed by atoms with van der Waals surface area (Å²) in [6, 6.07) is 0.406. The lowest BCUT2D eigenvalue weighted by atomic mass is 9.83. The number of ether oxygens (including phenoxy) is 1. The topological polar surface area (TPSA) is 29.5 Å². The van der Waals surface area contributed by atoms with E-state index in [0.717, 1.165) is 25.8 Å². The van der Waals surface area contributed by atoms with Crippen molar-refractivity contribution < 1.29 is 9.53 Å². The summed E-state index contributed by atoms with van der Waals surface area (Å²) in [5.41, 5.74) is 2.92. The molecule has 0 aromatic carbocycles. The molecule has 0 aromatic heterocycles. The van der Waals surface area contributed by atoms with Crippen molar-refractivity contribution >= 4 is 5.97 Å². The molecule has 1 saturated heterocycles. The molecular formula is C20H29NO2. The van der Waals surface area contributed by atoms with Gasteiger partial charge < -0.3 is 9.64 Å². The van der Waals surface area contributed by atoms with Gasteiger partial charge in [-0.15, -0.1) is 0 Å². The molecule has 3 nitrogen and oxygen atoms in total. The van der Waals surface area contributed by atoms with E-state index in [1.807, 2.05) is 0 Å². The van der Waals surface area contributed by atoms with Gasteiger partial charge in [-0.05, 0) is 57.7 Å². The Morgan fingerprint density at radius 2 is 2.09 bits per heavy atom. The molecule has 0 saturated carbocycles. The van der Waals surface area contributed by atoms with Crippen LogP contribution in [0.2, 0.25) is 0 Å². The highest BCUT2D eigenvalue weighted by Crippen LogP contribution is 2.34. The number of rotatable bonds is 4. The van der Waals surface area contributed by atoms with Gasteiger partial charge in [-0.3, -0.25) is 4.79 Å². The highest BCUT2D eigenvalue weighted by molar-refractivity contribution is 5.70. The summed E-state index contributed by atoms with van der Waals surface area (Å²) in [6.45, 7) is 1.67. The zero-order chi connectivity index (χ0) is 16.1. The number of carbonyl (C=O) groups is 1. The Hall–Kier alpha value is -1.35. The van der Waals surface area contributed by atoms with Crippen molar-refractivity contribution in [2.24, 2.45) is 5.92 Å². The summed E-state index contributed by atoms with van der Waals surface area (Å²) in [5, 5.41) is 0. The Bertz CT molecular complexity index is 518. The summed E-state index contributed by atoms with van der Waals surface area (Å²) in [6.07, 6.45) is 17.6. The zero-order valence-electron chi connectivity index (χ0n) is 14.3.